The topological polar surface area (TPSA) is 6.48 Å². The summed E-state index contributed by atoms with van der Waals surface area (Å²) in [6.07, 6.45) is 0. The highest BCUT2D eigenvalue weighted by Crippen LogP contribution is 2.53. The molecule has 324 valence electrons. The van der Waals surface area contributed by atoms with Gasteiger partial charge in [-0.1, -0.05) is 149 Å². The molecular weight excluding hydrogens is 861 g/mol. The van der Waals surface area contributed by atoms with Crippen LogP contribution in [0.25, 0.3) is 73.4 Å². The van der Waals surface area contributed by atoms with Crippen molar-refractivity contribution in [2.45, 2.75) is 38.5 Å². The molecule has 0 amide bonds. The number of nitrogens with zero attached hydrogens (tertiary/aromatic N) is 2. The standard InChI is InChI=1S/C64H46N2S2/c1-63(2)53-21-13-11-19-45(53)47-27-23-41(35-55(47)63)65(39-15-7-5-8-16-39)43-25-29-51-59(37-43)67-57-33-31-50-49(61(51)57)32-34-58-62(50)52-30-26-44(38-60(52)68-58)66(40-17-9-6-10-18-40)42-24-28-48-46-20-12-14-22-54(46)64(3,4)56(48)36-42/h5-38H,1-4H3. The lowest BCUT2D eigenvalue weighted by atomic mass is 9.82. The van der Waals surface area contributed by atoms with E-state index in [0.29, 0.717) is 0 Å². The fourth-order valence-corrected chi connectivity index (χ4v) is 14.2. The highest BCUT2D eigenvalue weighted by atomic mass is 32.1. The molecule has 0 N–H and O–H groups in total. The molecule has 0 atom stereocenters. The molecule has 4 heteroatoms. The minimum atomic E-state index is -0.0844. The molecule has 2 aromatic heterocycles. The summed E-state index contributed by atoms with van der Waals surface area (Å²) in [6, 6.07) is 77.3. The smallest absolute Gasteiger partial charge is 0.0476 e. The van der Waals surface area contributed by atoms with Gasteiger partial charge in [0.15, 0.2) is 0 Å². The second-order valence-electron chi connectivity index (χ2n) is 19.7. The summed E-state index contributed by atoms with van der Waals surface area (Å²) < 4.78 is 5.21. The summed E-state index contributed by atoms with van der Waals surface area (Å²) in [4.78, 5) is 4.86. The molecule has 2 aliphatic rings. The molecule has 2 nitrogen and oxygen atoms in total. The van der Waals surface area contributed by atoms with Gasteiger partial charge in [-0.05, 0) is 140 Å². The van der Waals surface area contributed by atoms with Gasteiger partial charge in [-0.15, -0.1) is 22.7 Å². The van der Waals surface area contributed by atoms with Crippen molar-refractivity contribution in [2.75, 3.05) is 9.80 Å². The third-order valence-corrected chi connectivity index (χ3v) is 17.5. The monoisotopic (exact) mass is 906 g/mol. The van der Waals surface area contributed by atoms with Crippen LogP contribution in [-0.4, -0.2) is 0 Å². The molecule has 0 saturated carbocycles. The van der Waals surface area contributed by atoms with Crippen LogP contribution in [0, 0.1) is 0 Å². The average Bonchev–Trinajstić information content (AvgIpc) is 4.07. The Balaban J connectivity index is 0.877. The minimum Gasteiger partial charge on any atom is -0.310 e. The largest absolute Gasteiger partial charge is 0.310 e. The summed E-state index contributed by atoms with van der Waals surface area (Å²) in [7, 11) is 0. The van der Waals surface area contributed by atoms with Gasteiger partial charge in [0.1, 0.15) is 0 Å². The first-order chi connectivity index (χ1) is 33.2. The van der Waals surface area contributed by atoms with Crippen molar-refractivity contribution in [1.82, 2.24) is 0 Å². The Morgan fingerprint density at radius 2 is 0.632 bits per heavy atom. The molecule has 0 bridgehead atoms. The molecule has 0 aliphatic heterocycles. The van der Waals surface area contributed by atoms with E-state index in [-0.39, 0.29) is 10.8 Å². The van der Waals surface area contributed by atoms with E-state index < -0.39 is 0 Å². The number of hydrogen-bond donors (Lipinski definition) is 0. The van der Waals surface area contributed by atoms with Crippen molar-refractivity contribution >= 4 is 108 Å². The Kier molecular flexibility index (Phi) is 8.45. The number of hydrogen-bond acceptors (Lipinski definition) is 4. The molecule has 2 heterocycles. The number of rotatable bonds is 6. The molecule has 0 radical (unpaired) electrons. The SMILES string of the molecule is CC1(C)c2ccccc2-c2ccc(N(c3ccccc3)c3ccc4c(c3)sc3ccc5c(ccc6sc7cc(N(c8ccccc8)c8ccc9c(c8)C(C)(C)c8ccccc8-9)ccc7c65)c34)cc21. The van der Waals surface area contributed by atoms with Gasteiger partial charge < -0.3 is 9.80 Å². The first kappa shape index (κ1) is 39.6. The van der Waals surface area contributed by atoms with Crippen LogP contribution in [0.15, 0.2) is 206 Å². The van der Waals surface area contributed by atoms with E-state index in [4.69, 9.17) is 0 Å². The van der Waals surface area contributed by atoms with Crippen LogP contribution in [0.4, 0.5) is 34.1 Å². The zero-order valence-electron chi connectivity index (χ0n) is 38.3. The van der Waals surface area contributed by atoms with E-state index in [1.165, 1.54) is 107 Å². The van der Waals surface area contributed by atoms with Gasteiger partial charge in [0.05, 0.1) is 0 Å². The maximum atomic E-state index is 2.43. The van der Waals surface area contributed by atoms with Crippen LogP contribution in [0.1, 0.15) is 49.9 Å². The molecule has 0 saturated heterocycles. The molecule has 10 aromatic carbocycles. The van der Waals surface area contributed by atoms with Crippen LogP contribution in [-0.2, 0) is 10.8 Å². The van der Waals surface area contributed by atoms with Gasteiger partial charge in [-0.25, -0.2) is 0 Å². The van der Waals surface area contributed by atoms with E-state index >= 15 is 0 Å². The quantitative estimate of drug-likeness (QED) is 0.164. The molecular formula is C64H46N2S2. The lowest BCUT2D eigenvalue weighted by Crippen LogP contribution is -2.16. The Morgan fingerprint density at radius 1 is 0.279 bits per heavy atom. The first-order valence-electron chi connectivity index (χ1n) is 23.7. The predicted octanol–water partition coefficient (Wildman–Crippen LogP) is 19.1. The van der Waals surface area contributed by atoms with Crippen LogP contribution < -0.4 is 9.80 Å². The number of anilines is 6. The van der Waals surface area contributed by atoms with E-state index in [1.54, 1.807) is 0 Å². The minimum absolute atomic E-state index is 0.0844. The Labute approximate surface area is 404 Å². The Bertz CT molecular complexity index is 3780. The van der Waals surface area contributed by atoms with Gasteiger partial charge in [0, 0.05) is 85.3 Å². The van der Waals surface area contributed by atoms with Gasteiger partial charge in [0.25, 0.3) is 0 Å². The molecule has 0 spiro atoms. The molecule has 0 fully saturated rings. The van der Waals surface area contributed by atoms with E-state index in [9.17, 15) is 0 Å². The molecule has 68 heavy (non-hydrogen) atoms. The van der Waals surface area contributed by atoms with Crippen LogP contribution in [0.3, 0.4) is 0 Å². The summed E-state index contributed by atoms with van der Waals surface area (Å²) >= 11 is 3.79. The zero-order valence-corrected chi connectivity index (χ0v) is 40.0. The molecule has 0 unspecified atom stereocenters. The van der Waals surface area contributed by atoms with E-state index in [1.807, 2.05) is 22.7 Å². The van der Waals surface area contributed by atoms with Crippen LogP contribution >= 0.6 is 22.7 Å². The summed E-state index contributed by atoms with van der Waals surface area (Å²) in [5, 5.41) is 7.91. The predicted molar refractivity (Wildman–Crippen MR) is 294 cm³/mol. The second-order valence-corrected chi connectivity index (χ2v) is 21.8. The molecule has 2 aliphatic carbocycles. The fourth-order valence-electron chi connectivity index (χ4n) is 11.9. The number of benzene rings is 10. The van der Waals surface area contributed by atoms with Gasteiger partial charge in [-0.2, -0.15) is 0 Å². The summed E-state index contributed by atoms with van der Waals surface area (Å²) in [6.45, 7) is 9.45. The third-order valence-electron chi connectivity index (χ3n) is 15.2. The van der Waals surface area contributed by atoms with Crippen LogP contribution in [0.5, 0.6) is 0 Å². The Morgan fingerprint density at radius 3 is 1.07 bits per heavy atom. The highest BCUT2D eigenvalue weighted by Gasteiger charge is 2.37. The van der Waals surface area contributed by atoms with Gasteiger partial charge in [0.2, 0.25) is 0 Å². The normalized spacial score (nSPS) is 14.1. The Hall–Kier alpha value is -7.50. The van der Waals surface area contributed by atoms with Crippen molar-refractivity contribution in [3.63, 3.8) is 0 Å². The number of thiophene rings is 2. The lowest BCUT2D eigenvalue weighted by molar-refractivity contribution is 0.660. The van der Waals surface area contributed by atoms with Crippen molar-refractivity contribution in [3.05, 3.63) is 229 Å². The van der Waals surface area contributed by atoms with Crippen molar-refractivity contribution in [3.8, 4) is 22.3 Å². The lowest BCUT2D eigenvalue weighted by Gasteiger charge is -2.28. The first-order valence-corrected chi connectivity index (χ1v) is 25.3. The fraction of sp³-hybridized carbons (Fsp3) is 0.0938. The zero-order chi connectivity index (χ0) is 45.5. The van der Waals surface area contributed by atoms with E-state index in [2.05, 4.69) is 244 Å². The number of para-hydroxylation sites is 2. The summed E-state index contributed by atoms with van der Waals surface area (Å²) in [5.41, 5.74) is 17.7. The summed E-state index contributed by atoms with van der Waals surface area (Å²) in [5.74, 6) is 0. The molecule has 12 aromatic rings. The van der Waals surface area contributed by atoms with Crippen LogP contribution in [0.2, 0.25) is 0 Å². The van der Waals surface area contributed by atoms with Crippen molar-refractivity contribution in [1.29, 1.82) is 0 Å². The molecule has 14 rings (SSSR count). The average molecular weight is 907 g/mol. The third kappa shape index (κ3) is 5.68. The second kappa shape index (κ2) is 14.5. The maximum absolute atomic E-state index is 2.43. The maximum Gasteiger partial charge on any atom is 0.0476 e. The van der Waals surface area contributed by atoms with E-state index in [0.717, 1.165) is 22.7 Å². The number of fused-ring (bicyclic) bond motifs is 15. The van der Waals surface area contributed by atoms with Crippen molar-refractivity contribution < 1.29 is 0 Å². The van der Waals surface area contributed by atoms with Gasteiger partial charge >= 0.3 is 0 Å². The highest BCUT2D eigenvalue weighted by molar-refractivity contribution is 7.26. The van der Waals surface area contributed by atoms with Gasteiger partial charge in [-0.3, -0.25) is 0 Å². The van der Waals surface area contributed by atoms with Crippen molar-refractivity contribution in [2.24, 2.45) is 0 Å².